The van der Waals surface area contributed by atoms with Gasteiger partial charge in [-0.15, -0.1) is 11.3 Å². The number of nitrogens with zero attached hydrogens (tertiary/aromatic N) is 4. The van der Waals surface area contributed by atoms with Crippen LogP contribution in [0.3, 0.4) is 0 Å². The molecule has 1 aliphatic rings. The van der Waals surface area contributed by atoms with Crippen molar-refractivity contribution in [3.05, 3.63) is 52.5 Å². The summed E-state index contributed by atoms with van der Waals surface area (Å²) in [5, 5.41) is 9.04. The maximum Gasteiger partial charge on any atom is 0.245 e. The van der Waals surface area contributed by atoms with Crippen LogP contribution >= 0.6 is 11.3 Å². The number of carbonyl (C=O) groups excluding carboxylic acids is 4. The molecule has 0 saturated carbocycles. The third-order valence-corrected chi connectivity index (χ3v) is 12.6. The maximum atomic E-state index is 14.4. The molecule has 13 nitrogen and oxygen atoms in total. The molecule has 1 fully saturated rings. The third kappa shape index (κ3) is 12.8. The van der Waals surface area contributed by atoms with Gasteiger partial charge in [-0.05, 0) is 49.6 Å². The fraction of sp³-hybridized carbons (Fsp3) is 0.698. The minimum Gasteiger partial charge on any atom is -0.379 e. The molecule has 57 heavy (non-hydrogen) atoms. The minimum atomic E-state index is -0.782. The van der Waals surface area contributed by atoms with E-state index in [0.717, 1.165) is 23.4 Å². The van der Waals surface area contributed by atoms with Gasteiger partial charge in [0.1, 0.15) is 11.0 Å². The molecule has 2 aromatic rings. The average molecular weight is 814 g/mol. The Morgan fingerprint density at radius 2 is 1.67 bits per heavy atom. The standard InChI is InChI=1S/C43H71N7O6S/c1-12-29(6)38(49(9)43(54)36(27(2)3)47-41(53)37(28(4)5)48(8)23-20-44)34(55-10)26-35(51)50-22-16-19-33(50)39(56-11)30(7)40(52)46-32(42-45-21-24-57-42)25-31-17-14-13-15-18-31/h13-15,17-18,21,24,27-30,32-34,36-39H,12,16,19-20,22-23,25-26,44H2,1-11H3,(H,46,52)(H,47,53)/t29-,30+,32?,33-,34+,36-,37-,38-,39+/m0/s1. The Labute approximate surface area is 345 Å². The summed E-state index contributed by atoms with van der Waals surface area (Å²) in [6.07, 6.45) is 3.43. The molecule has 320 valence electrons. The summed E-state index contributed by atoms with van der Waals surface area (Å²) >= 11 is 1.50. The Balaban J connectivity index is 1.79. The van der Waals surface area contributed by atoms with Gasteiger partial charge in [0, 0.05) is 52.5 Å². The zero-order chi connectivity index (χ0) is 42.4. The highest BCUT2D eigenvalue weighted by Gasteiger charge is 2.43. The van der Waals surface area contributed by atoms with Crippen molar-refractivity contribution in [1.82, 2.24) is 30.3 Å². The second kappa shape index (κ2) is 23.2. The maximum absolute atomic E-state index is 14.4. The molecule has 4 N–H and O–H groups in total. The summed E-state index contributed by atoms with van der Waals surface area (Å²) in [6.45, 7) is 15.3. The van der Waals surface area contributed by atoms with Crippen molar-refractivity contribution in [3.63, 3.8) is 0 Å². The van der Waals surface area contributed by atoms with Crippen molar-refractivity contribution in [1.29, 1.82) is 0 Å². The second-order valence-electron chi connectivity index (χ2n) is 16.4. The molecular formula is C43H71N7O6S. The van der Waals surface area contributed by atoms with E-state index in [1.165, 1.54) is 11.3 Å². The highest BCUT2D eigenvalue weighted by Crippen LogP contribution is 2.30. The summed E-state index contributed by atoms with van der Waals surface area (Å²) in [5.41, 5.74) is 6.90. The number of likely N-dealkylation sites (tertiary alicyclic amines) is 1. The zero-order valence-electron chi connectivity index (χ0n) is 36.3. The predicted molar refractivity (Wildman–Crippen MR) is 226 cm³/mol. The fourth-order valence-electron chi connectivity index (χ4n) is 8.39. The molecule has 1 unspecified atom stereocenters. The number of methoxy groups -OCH3 is 2. The number of nitrogens with two attached hydrogens (primary N) is 1. The molecule has 0 radical (unpaired) electrons. The van der Waals surface area contributed by atoms with Crippen LogP contribution in [0.5, 0.6) is 0 Å². The van der Waals surface area contributed by atoms with Crippen LogP contribution in [-0.2, 0) is 35.1 Å². The van der Waals surface area contributed by atoms with E-state index < -0.39 is 36.3 Å². The fourth-order valence-corrected chi connectivity index (χ4v) is 9.08. The lowest BCUT2D eigenvalue weighted by atomic mass is 9.89. The number of thiazole rings is 1. The number of hydrogen-bond donors (Lipinski definition) is 3. The third-order valence-electron chi connectivity index (χ3n) is 11.7. The smallest absolute Gasteiger partial charge is 0.245 e. The highest BCUT2D eigenvalue weighted by molar-refractivity contribution is 7.09. The molecule has 2 heterocycles. The van der Waals surface area contributed by atoms with E-state index in [-0.39, 0.29) is 59.9 Å². The first-order valence-electron chi connectivity index (χ1n) is 20.7. The largest absolute Gasteiger partial charge is 0.379 e. The molecule has 1 aromatic heterocycles. The number of aromatic nitrogens is 1. The van der Waals surface area contributed by atoms with Gasteiger partial charge in [-0.3, -0.25) is 24.1 Å². The number of rotatable bonds is 23. The number of benzene rings is 1. The first-order valence-corrected chi connectivity index (χ1v) is 21.5. The number of amides is 4. The zero-order valence-corrected chi connectivity index (χ0v) is 37.1. The van der Waals surface area contributed by atoms with E-state index in [0.29, 0.717) is 32.5 Å². The molecule has 4 amide bonds. The minimum absolute atomic E-state index is 0.00325. The molecule has 1 saturated heterocycles. The number of likely N-dealkylation sites (N-methyl/N-ethyl adjacent to an activating group) is 2. The Morgan fingerprint density at radius 1 is 0.982 bits per heavy atom. The van der Waals surface area contributed by atoms with Crippen LogP contribution in [0.4, 0.5) is 0 Å². The Bertz CT molecular complexity index is 1530. The van der Waals surface area contributed by atoms with Crippen LogP contribution in [0.1, 0.15) is 90.8 Å². The van der Waals surface area contributed by atoms with E-state index >= 15 is 0 Å². The van der Waals surface area contributed by atoms with Gasteiger partial charge in [0.2, 0.25) is 23.6 Å². The molecule has 1 aromatic carbocycles. The quantitative estimate of drug-likeness (QED) is 0.147. The second-order valence-corrected chi connectivity index (χ2v) is 17.3. The molecule has 14 heteroatoms. The van der Waals surface area contributed by atoms with Crippen molar-refractivity contribution >= 4 is 35.0 Å². The summed E-state index contributed by atoms with van der Waals surface area (Å²) in [4.78, 5) is 66.3. The number of ether oxygens (including phenoxy) is 2. The van der Waals surface area contributed by atoms with Gasteiger partial charge in [0.05, 0.1) is 48.7 Å². The van der Waals surface area contributed by atoms with Gasteiger partial charge in [-0.2, -0.15) is 0 Å². The van der Waals surface area contributed by atoms with Crippen molar-refractivity contribution in [2.75, 3.05) is 47.9 Å². The number of carbonyl (C=O) groups is 4. The van der Waals surface area contributed by atoms with Crippen molar-refractivity contribution in [3.8, 4) is 0 Å². The highest BCUT2D eigenvalue weighted by atomic mass is 32.1. The van der Waals surface area contributed by atoms with Crippen molar-refractivity contribution in [2.45, 2.75) is 123 Å². The topological polar surface area (TPSA) is 159 Å². The van der Waals surface area contributed by atoms with Crippen LogP contribution in [0.15, 0.2) is 41.9 Å². The summed E-state index contributed by atoms with van der Waals surface area (Å²) in [7, 11) is 6.79. The summed E-state index contributed by atoms with van der Waals surface area (Å²) in [6, 6.07) is 7.70. The van der Waals surface area contributed by atoms with Crippen LogP contribution < -0.4 is 16.4 Å². The van der Waals surface area contributed by atoms with Gasteiger partial charge in [-0.25, -0.2) is 4.98 Å². The molecule has 0 spiro atoms. The average Bonchev–Trinajstić information content (AvgIpc) is 3.90. The van der Waals surface area contributed by atoms with E-state index in [1.807, 2.05) is 87.2 Å². The summed E-state index contributed by atoms with van der Waals surface area (Å²) in [5.74, 6) is -1.50. The van der Waals surface area contributed by atoms with E-state index in [4.69, 9.17) is 15.2 Å². The van der Waals surface area contributed by atoms with Gasteiger partial charge in [0.15, 0.2) is 0 Å². The Morgan fingerprint density at radius 3 is 2.21 bits per heavy atom. The molecular weight excluding hydrogens is 743 g/mol. The lowest BCUT2D eigenvalue weighted by molar-refractivity contribution is -0.148. The SMILES string of the molecule is CC[C@H](C)[C@@H]([C@@H](CC(=O)N1CCC[C@H]1[C@H](OC)[C@@H](C)C(=O)NC(Cc1ccccc1)c1nccs1)OC)N(C)C(=O)[C@@H](NC(=O)[C@H](C(C)C)N(C)CCN)C(C)C. The van der Waals surface area contributed by atoms with Gasteiger partial charge in [0.25, 0.3) is 0 Å². The van der Waals surface area contributed by atoms with Gasteiger partial charge in [-0.1, -0.05) is 85.2 Å². The van der Waals surface area contributed by atoms with E-state index in [9.17, 15) is 19.2 Å². The summed E-state index contributed by atoms with van der Waals surface area (Å²) < 4.78 is 12.1. The normalized spacial score (nSPS) is 18.8. The number of nitrogens with one attached hydrogen (secondary N) is 2. The lowest BCUT2D eigenvalue weighted by Crippen LogP contribution is -2.60. The van der Waals surface area contributed by atoms with Crippen LogP contribution in [0.25, 0.3) is 0 Å². The van der Waals surface area contributed by atoms with Crippen LogP contribution in [0, 0.1) is 23.7 Å². The predicted octanol–water partition coefficient (Wildman–Crippen LogP) is 4.52. The molecule has 3 rings (SSSR count). The molecule has 0 aliphatic carbocycles. The molecule has 9 atom stereocenters. The Kier molecular flexibility index (Phi) is 19.5. The number of hydrogen-bond acceptors (Lipinski definition) is 10. The Hall–Kier alpha value is -3.43. The van der Waals surface area contributed by atoms with Gasteiger partial charge >= 0.3 is 0 Å². The van der Waals surface area contributed by atoms with E-state index in [1.54, 1.807) is 32.4 Å². The first kappa shape index (κ1) is 47.9. The lowest BCUT2D eigenvalue weighted by Gasteiger charge is -2.41. The van der Waals surface area contributed by atoms with E-state index in [2.05, 4.69) is 29.5 Å². The first-order chi connectivity index (χ1) is 27.1. The van der Waals surface area contributed by atoms with Crippen molar-refractivity contribution < 1.29 is 28.7 Å². The molecule has 0 bridgehead atoms. The van der Waals surface area contributed by atoms with Crippen LogP contribution in [-0.4, -0.2) is 128 Å². The molecule has 1 aliphatic heterocycles. The monoisotopic (exact) mass is 814 g/mol. The van der Waals surface area contributed by atoms with Crippen molar-refractivity contribution in [2.24, 2.45) is 29.4 Å². The van der Waals surface area contributed by atoms with Gasteiger partial charge < -0.3 is 35.6 Å². The van der Waals surface area contributed by atoms with Crippen LogP contribution in [0.2, 0.25) is 0 Å².